The van der Waals surface area contributed by atoms with Gasteiger partial charge in [-0.1, -0.05) is 30.3 Å². The predicted molar refractivity (Wildman–Crippen MR) is 116 cm³/mol. The van der Waals surface area contributed by atoms with Crippen molar-refractivity contribution in [1.82, 2.24) is 15.6 Å². The number of aromatic nitrogens is 1. The zero-order valence-corrected chi connectivity index (χ0v) is 17.4. The van der Waals surface area contributed by atoms with Gasteiger partial charge in [0.05, 0.1) is 5.69 Å². The van der Waals surface area contributed by atoms with Crippen LogP contribution in [0.3, 0.4) is 0 Å². The van der Waals surface area contributed by atoms with Crippen molar-refractivity contribution in [2.75, 3.05) is 11.9 Å². The summed E-state index contributed by atoms with van der Waals surface area (Å²) in [6.07, 6.45) is 0.596. The van der Waals surface area contributed by atoms with Gasteiger partial charge in [0, 0.05) is 31.3 Å². The molecule has 0 aliphatic carbocycles. The number of amides is 3. The van der Waals surface area contributed by atoms with Crippen LogP contribution >= 0.6 is 11.3 Å². The number of urea groups is 1. The van der Waals surface area contributed by atoms with E-state index in [4.69, 9.17) is 4.74 Å². The van der Waals surface area contributed by atoms with Gasteiger partial charge in [0.1, 0.15) is 11.6 Å². The summed E-state index contributed by atoms with van der Waals surface area (Å²) in [6, 6.07) is 13.3. The summed E-state index contributed by atoms with van der Waals surface area (Å²) in [4.78, 5) is 28.7. The van der Waals surface area contributed by atoms with Gasteiger partial charge in [-0.15, -0.1) is 11.3 Å². The van der Waals surface area contributed by atoms with Gasteiger partial charge in [-0.3, -0.25) is 10.1 Å². The number of nitrogens with one attached hydrogen (secondary N) is 3. The summed E-state index contributed by atoms with van der Waals surface area (Å²) < 4.78 is 18.9. The van der Waals surface area contributed by atoms with E-state index in [0.29, 0.717) is 30.1 Å². The third-order valence-electron chi connectivity index (χ3n) is 4.73. The molecular formula is C22H21FN4O3S. The number of ether oxygens (including phenoxy) is 1. The fourth-order valence-electron chi connectivity index (χ4n) is 3.21. The Kier molecular flexibility index (Phi) is 6.42. The Morgan fingerprint density at radius 2 is 2.03 bits per heavy atom. The SMILES string of the molecule is O=C(NCc1cccc(F)c1)Nc1nc(CCNC(=O)C2Cc3ccccc3O2)cs1. The van der Waals surface area contributed by atoms with E-state index in [1.807, 2.05) is 29.6 Å². The maximum absolute atomic E-state index is 13.2. The quantitative estimate of drug-likeness (QED) is 0.526. The van der Waals surface area contributed by atoms with Gasteiger partial charge < -0.3 is 15.4 Å². The minimum absolute atomic E-state index is 0.151. The lowest BCUT2D eigenvalue weighted by Crippen LogP contribution is -2.38. The molecule has 4 rings (SSSR count). The van der Waals surface area contributed by atoms with E-state index in [1.165, 1.54) is 23.5 Å². The minimum Gasteiger partial charge on any atom is -0.480 e. The number of fused-ring (bicyclic) bond motifs is 1. The first-order chi connectivity index (χ1) is 15.1. The first kappa shape index (κ1) is 20.8. The fourth-order valence-corrected chi connectivity index (χ4v) is 3.95. The van der Waals surface area contributed by atoms with Crippen molar-refractivity contribution >= 4 is 28.4 Å². The van der Waals surface area contributed by atoms with E-state index in [9.17, 15) is 14.0 Å². The lowest BCUT2D eigenvalue weighted by atomic mass is 10.1. The fraction of sp³-hybridized carbons (Fsp3) is 0.227. The zero-order chi connectivity index (χ0) is 21.6. The van der Waals surface area contributed by atoms with Crippen LogP contribution in [0.5, 0.6) is 5.75 Å². The second-order valence-corrected chi connectivity index (χ2v) is 7.90. The van der Waals surface area contributed by atoms with E-state index in [0.717, 1.165) is 17.0 Å². The molecule has 0 fully saturated rings. The Bertz CT molecular complexity index is 1060. The van der Waals surface area contributed by atoms with Crippen LogP contribution in [0.15, 0.2) is 53.9 Å². The smallest absolute Gasteiger partial charge is 0.321 e. The third kappa shape index (κ3) is 5.58. The van der Waals surface area contributed by atoms with E-state index < -0.39 is 12.1 Å². The number of anilines is 1. The van der Waals surface area contributed by atoms with Crippen LogP contribution in [0.1, 0.15) is 16.8 Å². The highest BCUT2D eigenvalue weighted by atomic mass is 32.1. The maximum atomic E-state index is 13.2. The first-order valence-electron chi connectivity index (χ1n) is 9.83. The van der Waals surface area contributed by atoms with Crippen LogP contribution in [0.25, 0.3) is 0 Å². The molecule has 7 nitrogen and oxygen atoms in total. The molecule has 0 spiro atoms. The number of carbonyl (C=O) groups excluding carboxylic acids is 2. The van der Waals surface area contributed by atoms with E-state index >= 15 is 0 Å². The number of hydrogen-bond acceptors (Lipinski definition) is 5. The number of nitrogens with zero attached hydrogens (tertiary/aromatic N) is 1. The van der Waals surface area contributed by atoms with E-state index in [2.05, 4.69) is 20.9 Å². The molecule has 9 heteroatoms. The van der Waals surface area contributed by atoms with Crippen molar-refractivity contribution in [3.05, 3.63) is 76.5 Å². The number of para-hydroxylation sites is 1. The molecule has 1 aromatic heterocycles. The molecule has 31 heavy (non-hydrogen) atoms. The molecule has 0 saturated carbocycles. The van der Waals surface area contributed by atoms with Gasteiger partial charge >= 0.3 is 6.03 Å². The topological polar surface area (TPSA) is 92.4 Å². The number of benzene rings is 2. The van der Waals surface area contributed by atoms with Crippen molar-refractivity contribution in [2.45, 2.75) is 25.5 Å². The Labute approximate surface area is 182 Å². The van der Waals surface area contributed by atoms with Crippen LogP contribution in [-0.4, -0.2) is 29.6 Å². The molecule has 0 saturated heterocycles. The van der Waals surface area contributed by atoms with Crippen molar-refractivity contribution < 1.29 is 18.7 Å². The number of carbonyl (C=O) groups is 2. The van der Waals surface area contributed by atoms with Gasteiger partial charge in [0.2, 0.25) is 0 Å². The lowest BCUT2D eigenvalue weighted by Gasteiger charge is -2.10. The molecule has 1 unspecified atom stereocenters. The Morgan fingerprint density at radius 1 is 1.16 bits per heavy atom. The van der Waals surface area contributed by atoms with Crippen molar-refractivity contribution in [1.29, 1.82) is 0 Å². The number of halogens is 1. The molecule has 1 aliphatic heterocycles. The molecule has 160 valence electrons. The van der Waals surface area contributed by atoms with E-state index in [-0.39, 0.29) is 18.3 Å². The van der Waals surface area contributed by atoms with Gasteiger partial charge in [-0.2, -0.15) is 0 Å². The summed E-state index contributed by atoms with van der Waals surface area (Å²) in [5.74, 6) is 0.260. The standard InChI is InChI=1S/C22H21FN4O3S/c23-16-6-3-4-14(10-16)12-25-21(29)27-22-26-17(13-31-22)8-9-24-20(28)19-11-15-5-1-2-7-18(15)30-19/h1-7,10,13,19H,8-9,11-12H2,(H,24,28)(H2,25,26,27,29). The van der Waals surface area contributed by atoms with Gasteiger partial charge in [-0.25, -0.2) is 14.2 Å². The highest BCUT2D eigenvalue weighted by Gasteiger charge is 2.28. The highest BCUT2D eigenvalue weighted by Crippen LogP contribution is 2.28. The van der Waals surface area contributed by atoms with Crippen LogP contribution in [-0.2, 0) is 24.2 Å². The second kappa shape index (κ2) is 9.57. The second-order valence-electron chi connectivity index (χ2n) is 7.04. The lowest BCUT2D eigenvalue weighted by molar-refractivity contribution is -0.127. The molecule has 1 atom stereocenters. The molecule has 3 N–H and O–H groups in total. The average Bonchev–Trinajstić information content (AvgIpc) is 3.39. The average molecular weight is 441 g/mol. The van der Waals surface area contributed by atoms with Gasteiger partial charge in [0.15, 0.2) is 11.2 Å². The monoisotopic (exact) mass is 440 g/mol. The number of rotatable bonds is 7. The Hall–Kier alpha value is -3.46. The molecular weight excluding hydrogens is 419 g/mol. The molecule has 3 amide bonds. The molecule has 2 aromatic carbocycles. The summed E-state index contributed by atoms with van der Waals surface area (Å²) >= 11 is 1.30. The zero-order valence-electron chi connectivity index (χ0n) is 16.6. The van der Waals surface area contributed by atoms with E-state index in [1.54, 1.807) is 12.1 Å². The van der Waals surface area contributed by atoms with Crippen LogP contribution < -0.4 is 20.7 Å². The first-order valence-corrected chi connectivity index (χ1v) is 10.7. The van der Waals surface area contributed by atoms with Crippen molar-refractivity contribution in [2.24, 2.45) is 0 Å². The third-order valence-corrected chi connectivity index (χ3v) is 5.54. The van der Waals surface area contributed by atoms with Gasteiger partial charge in [-0.05, 0) is 29.3 Å². The predicted octanol–water partition coefficient (Wildman–Crippen LogP) is 3.27. The molecule has 0 bridgehead atoms. The van der Waals surface area contributed by atoms with Crippen LogP contribution in [0.4, 0.5) is 14.3 Å². The molecule has 2 heterocycles. The van der Waals surface area contributed by atoms with Crippen molar-refractivity contribution in [3.63, 3.8) is 0 Å². The number of hydrogen-bond donors (Lipinski definition) is 3. The molecule has 1 aliphatic rings. The Balaban J connectivity index is 1.18. The largest absolute Gasteiger partial charge is 0.480 e. The highest BCUT2D eigenvalue weighted by molar-refractivity contribution is 7.13. The molecule has 0 radical (unpaired) electrons. The minimum atomic E-state index is -0.508. The van der Waals surface area contributed by atoms with Crippen molar-refractivity contribution in [3.8, 4) is 5.75 Å². The number of thiazole rings is 1. The normalized spacial score (nSPS) is 14.4. The van der Waals surface area contributed by atoms with Crippen LogP contribution in [0.2, 0.25) is 0 Å². The maximum Gasteiger partial charge on any atom is 0.321 e. The summed E-state index contributed by atoms with van der Waals surface area (Å²) in [7, 11) is 0. The van der Waals surface area contributed by atoms with Crippen LogP contribution in [0, 0.1) is 5.82 Å². The Morgan fingerprint density at radius 3 is 2.87 bits per heavy atom. The van der Waals surface area contributed by atoms with Gasteiger partial charge in [0.25, 0.3) is 5.91 Å². The summed E-state index contributed by atoms with van der Waals surface area (Å²) in [5.41, 5.74) is 2.47. The summed E-state index contributed by atoms with van der Waals surface area (Å²) in [5, 5.41) is 10.5. The summed E-state index contributed by atoms with van der Waals surface area (Å²) in [6.45, 7) is 0.630. The molecule has 3 aromatic rings.